The molecule has 0 aliphatic carbocycles. The highest BCUT2D eigenvalue weighted by atomic mass is 16.3. The fourth-order valence-corrected chi connectivity index (χ4v) is 3.02. The molecule has 0 aromatic carbocycles. The summed E-state index contributed by atoms with van der Waals surface area (Å²) < 4.78 is 0. The third-order valence-electron chi connectivity index (χ3n) is 3.90. The maximum Gasteiger partial charge on any atom is 0.317 e. The lowest BCUT2D eigenvalue weighted by atomic mass is 9.92. The molecule has 2 amide bonds. The number of hydrogen-bond donors (Lipinski definition) is 2. The molecule has 1 heterocycles. The number of urea groups is 1. The van der Waals surface area contributed by atoms with E-state index in [0.717, 1.165) is 31.2 Å². The number of rotatable bonds is 7. The van der Waals surface area contributed by atoms with Gasteiger partial charge in [-0.25, -0.2) is 4.79 Å². The lowest BCUT2D eigenvalue weighted by Crippen LogP contribution is -2.40. The second-order valence-corrected chi connectivity index (χ2v) is 6.29. The highest BCUT2D eigenvalue weighted by Gasteiger charge is 2.20. The predicted molar refractivity (Wildman–Crippen MR) is 81.7 cm³/mol. The van der Waals surface area contributed by atoms with Crippen LogP contribution in [0.15, 0.2) is 0 Å². The molecule has 0 radical (unpaired) electrons. The first-order valence-electron chi connectivity index (χ1n) is 7.85. The van der Waals surface area contributed by atoms with Gasteiger partial charge in [0.15, 0.2) is 0 Å². The van der Waals surface area contributed by atoms with Crippen LogP contribution in [0.4, 0.5) is 4.79 Å². The van der Waals surface area contributed by atoms with Crippen molar-refractivity contribution in [1.29, 1.82) is 0 Å². The normalized spacial score (nSPS) is 23.6. The van der Waals surface area contributed by atoms with Crippen LogP contribution in [-0.4, -0.2) is 67.3 Å². The minimum atomic E-state index is -0.0979. The maximum absolute atomic E-state index is 11.6. The largest absolute Gasteiger partial charge is 0.395 e. The Morgan fingerprint density at radius 3 is 2.55 bits per heavy atom. The Balaban J connectivity index is 2.06. The summed E-state index contributed by atoms with van der Waals surface area (Å²) in [4.78, 5) is 15.6. The van der Waals surface area contributed by atoms with Crippen LogP contribution >= 0.6 is 0 Å². The van der Waals surface area contributed by atoms with Gasteiger partial charge in [0.25, 0.3) is 0 Å². The van der Waals surface area contributed by atoms with E-state index in [9.17, 15) is 4.79 Å². The number of nitrogens with one attached hydrogen (secondary N) is 1. The quantitative estimate of drug-likeness (QED) is 0.695. The van der Waals surface area contributed by atoms with Crippen LogP contribution in [0.2, 0.25) is 0 Å². The van der Waals surface area contributed by atoms with Gasteiger partial charge in [-0.15, -0.1) is 0 Å². The molecule has 1 fully saturated rings. The monoisotopic (exact) mass is 285 g/mol. The Hall–Kier alpha value is -0.810. The number of likely N-dealkylation sites (tertiary alicyclic amines) is 1. The lowest BCUT2D eigenvalue weighted by Gasteiger charge is -2.34. The Kier molecular flexibility index (Phi) is 7.92. The third-order valence-corrected chi connectivity index (χ3v) is 3.90. The van der Waals surface area contributed by atoms with Crippen LogP contribution in [0, 0.1) is 11.8 Å². The summed E-state index contributed by atoms with van der Waals surface area (Å²) >= 11 is 0. The number of carbonyl (C=O) groups excluding carboxylic acids is 1. The molecule has 2 atom stereocenters. The smallest absolute Gasteiger partial charge is 0.317 e. The maximum atomic E-state index is 11.6. The van der Waals surface area contributed by atoms with Crippen molar-refractivity contribution in [2.45, 2.75) is 33.1 Å². The number of likely N-dealkylation sites (N-methyl/N-ethyl adjacent to an activating group) is 1. The summed E-state index contributed by atoms with van der Waals surface area (Å²) in [5, 5.41) is 11.6. The second-order valence-electron chi connectivity index (χ2n) is 6.29. The summed E-state index contributed by atoms with van der Waals surface area (Å²) in [5.41, 5.74) is 0. The molecule has 1 rings (SSSR count). The summed E-state index contributed by atoms with van der Waals surface area (Å²) in [6.45, 7) is 9.35. The van der Waals surface area contributed by atoms with Crippen LogP contribution in [0.1, 0.15) is 33.1 Å². The van der Waals surface area contributed by atoms with Crippen molar-refractivity contribution in [3.05, 3.63) is 0 Å². The molecule has 0 aromatic rings. The third kappa shape index (κ3) is 6.57. The fraction of sp³-hybridized carbons (Fsp3) is 0.933. The molecule has 118 valence electrons. The molecule has 5 heteroatoms. The van der Waals surface area contributed by atoms with E-state index in [1.165, 1.54) is 24.4 Å². The molecule has 0 bridgehead atoms. The van der Waals surface area contributed by atoms with E-state index in [2.05, 4.69) is 24.1 Å². The topological polar surface area (TPSA) is 55.8 Å². The predicted octanol–water partition coefficient (Wildman–Crippen LogP) is 1.38. The van der Waals surface area contributed by atoms with Gasteiger partial charge in [0, 0.05) is 33.2 Å². The van der Waals surface area contributed by atoms with Gasteiger partial charge in [0.2, 0.25) is 0 Å². The molecule has 5 nitrogen and oxygen atoms in total. The van der Waals surface area contributed by atoms with Crippen molar-refractivity contribution in [2.75, 3.05) is 46.4 Å². The van der Waals surface area contributed by atoms with E-state index in [4.69, 9.17) is 5.11 Å². The molecule has 1 aliphatic heterocycles. The van der Waals surface area contributed by atoms with Crippen LogP contribution in [0.3, 0.4) is 0 Å². The van der Waals surface area contributed by atoms with Crippen molar-refractivity contribution < 1.29 is 9.90 Å². The Bertz CT molecular complexity index is 276. The van der Waals surface area contributed by atoms with E-state index in [1.54, 1.807) is 7.05 Å². The number of aliphatic hydroxyl groups excluding tert-OH is 1. The summed E-state index contributed by atoms with van der Waals surface area (Å²) in [7, 11) is 1.70. The summed E-state index contributed by atoms with van der Waals surface area (Å²) in [5.74, 6) is 1.62. The number of amides is 2. The second kappa shape index (κ2) is 9.19. The number of unbranched alkanes of at least 4 members (excludes halogenated alkanes) is 1. The fourth-order valence-electron chi connectivity index (χ4n) is 3.02. The molecular formula is C15H31N3O2. The standard InChI is InChI=1S/C15H31N3O2/c1-13-10-14(2)12-18(11-13)7-5-4-6-16-15(20)17(3)8-9-19/h13-14,19H,4-12H2,1-3H3,(H,16,20). The van der Waals surface area contributed by atoms with Gasteiger partial charge in [0.1, 0.15) is 0 Å². The molecule has 2 N–H and O–H groups in total. The first-order chi connectivity index (χ1) is 9.52. The van der Waals surface area contributed by atoms with Gasteiger partial charge >= 0.3 is 6.03 Å². The van der Waals surface area contributed by atoms with Gasteiger partial charge in [-0.1, -0.05) is 13.8 Å². The molecule has 0 spiro atoms. The minimum Gasteiger partial charge on any atom is -0.395 e. The van der Waals surface area contributed by atoms with Crippen LogP contribution in [0.5, 0.6) is 0 Å². The first kappa shape index (κ1) is 17.2. The van der Waals surface area contributed by atoms with E-state index in [1.807, 2.05) is 0 Å². The van der Waals surface area contributed by atoms with Crippen molar-refractivity contribution in [3.8, 4) is 0 Å². The number of hydrogen-bond acceptors (Lipinski definition) is 3. The average molecular weight is 285 g/mol. The van der Waals surface area contributed by atoms with Crippen molar-refractivity contribution in [1.82, 2.24) is 15.1 Å². The highest BCUT2D eigenvalue weighted by molar-refractivity contribution is 5.73. The lowest BCUT2D eigenvalue weighted by molar-refractivity contribution is 0.139. The Morgan fingerprint density at radius 1 is 1.30 bits per heavy atom. The number of aliphatic hydroxyl groups is 1. The molecule has 20 heavy (non-hydrogen) atoms. The van der Waals surface area contributed by atoms with Crippen molar-refractivity contribution in [2.24, 2.45) is 11.8 Å². The first-order valence-corrected chi connectivity index (χ1v) is 7.85. The number of carbonyl (C=O) groups is 1. The van der Waals surface area contributed by atoms with Gasteiger partial charge in [0.05, 0.1) is 6.61 Å². The molecule has 1 saturated heterocycles. The summed E-state index contributed by atoms with van der Waals surface area (Å²) in [6, 6.07) is -0.0979. The Morgan fingerprint density at radius 2 is 1.95 bits per heavy atom. The molecular weight excluding hydrogens is 254 g/mol. The van der Waals surface area contributed by atoms with Crippen LogP contribution in [0.25, 0.3) is 0 Å². The van der Waals surface area contributed by atoms with E-state index in [0.29, 0.717) is 13.1 Å². The van der Waals surface area contributed by atoms with E-state index >= 15 is 0 Å². The SMILES string of the molecule is CC1CC(C)CN(CCCCNC(=O)N(C)CCO)C1. The van der Waals surface area contributed by atoms with E-state index in [-0.39, 0.29) is 12.6 Å². The van der Waals surface area contributed by atoms with Gasteiger partial charge in [-0.05, 0) is 37.6 Å². The molecule has 0 saturated carbocycles. The molecule has 1 aliphatic rings. The van der Waals surface area contributed by atoms with Crippen molar-refractivity contribution >= 4 is 6.03 Å². The zero-order chi connectivity index (χ0) is 15.0. The summed E-state index contributed by atoms with van der Waals surface area (Å²) in [6.07, 6.45) is 3.49. The van der Waals surface area contributed by atoms with Crippen LogP contribution < -0.4 is 5.32 Å². The minimum absolute atomic E-state index is 0.00918. The molecule has 0 aromatic heterocycles. The Labute approximate surface area is 123 Å². The van der Waals surface area contributed by atoms with Gasteiger partial charge in [-0.3, -0.25) is 0 Å². The molecule has 2 unspecified atom stereocenters. The average Bonchev–Trinajstić information content (AvgIpc) is 2.37. The van der Waals surface area contributed by atoms with Crippen molar-refractivity contribution in [3.63, 3.8) is 0 Å². The number of piperidine rings is 1. The zero-order valence-corrected chi connectivity index (χ0v) is 13.3. The van der Waals surface area contributed by atoms with Crippen LogP contribution in [-0.2, 0) is 0 Å². The van der Waals surface area contributed by atoms with Gasteiger partial charge in [-0.2, -0.15) is 0 Å². The highest BCUT2D eigenvalue weighted by Crippen LogP contribution is 2.20. The van der Waals surface area contributed by atoms with Gasteiger partial charge < -0.3 is 20.2 Å². The van der Waals surface area contributed by atoms with E-state index < -0.39 is 0 Å². The zero-order valence-electron chi connectivity index (χ0n) is 13.3. The number of nitrogens with zero attached hydrogens (tertiary/aromatic N) is 2.